The molecule has 0 radical (unpaired) electrons. The van der Waals surface area contributed by atoms with Crippen LogP contribution in [0.25, 0.3) is 0 Å². The van der Waals surface area contributed by atoms with Gasteiger partial charge in [0.15, 0.2) is 0 Å². The second kappa shape index (κ2) is 5.73. The van der Waals surface area contributed by atoms with Crippen molar-refractivity contribution in [3.05, 3.63) is 48.6 Å². The van der Waals surface area contributed by atoms with Gasteiger partial charge >= 0.3 is 0 Å². The van der Waals surface area contributed by atoms with Gasteiger partial charge < -0.3 is 16.8 Å². The third kappa shape index (κ3) is 2.71. The van der Waals surface area contributed by atoms with Crippen LogP contribution in [0.2, 0.25) is 0 Å². The summed E-state index contributed by atoms with van der Waals surface area (Å²) >= 11 is 0. The Morgan fingerprint density at radius 3 is 2.50 bits per heavy atom. The third-order valence-electron chi connectivity index (χ3n) is 2.18. The molecule has 1 rings (SSSR count). The fraction of sp³-hybridized carbons (Fsp3) is 0.273. The predicted octanol–water partition coefficient (Wildman–Crippen LogP) is 1.14. The number of hydrogen-bond acceptors (Lipinski definition) is 2. The maximum atomic E-state index is 9.52. The van der Waals surface area contributed by atoms with Crippen LogP contribution in [-0.4, -0.2) is 22.4 Å². The van der Waals surface area contributed by atoms with E-state index in [1.54, 1.807) is 12.2 Å². The Kier molecular flexibility index (Phi) is 5.70. The van der Waals surface area contributed by atoms with E-state index in [2.05, 4.69) is 13.2 Å². The van der Waals surface area contributed by atoms with Crippen LogP contribution in [0.4, 0.5) is 0 Å². The molecule has 0 spiro atoms. The number of aliphatic hydroxyl groups excluding tert-OH is 2. The smallest absolute Gasteiger partial charge is 0.0703 e. The molecule has 2 atom stereocenters. The molecule has 0 aromatic rings. The number of aliphatic hydroxyl groups is 2. The van der Waals surface area contributed by atoms with Crippen molar-refractivity contribution >= 4 is 0 Å². The van der Waals surface area contributed by atoms with Gasteiger partial charge in [0, 0.05) is 37.2 Å². The molecule has 0 aromatic carbocycles. The number of rotatable bonds is 1. The fourth-order valence-electron chi connectivity index (χ4n) is 1.33. The van der Waals surface area contributed by atoms with Crippen LogP contribution in [0.3, 0.4) is 0 Å². The first-order valence-electron chi connectivity index (χ1n) is 4.07. The van der Waals surface area contributed by atoms with Crippen molar-refractivity contribution in [3.63, 3.8) is 0 Å². The molecule has 74 valence electrons. The molecule has 1 fully saturated rings. The molecule has 0 amide bonds. The van der Waals surface area contributed by atoms with Gasteiger partial charge in [0.2, 0.25) is 0 Å². The van der Waals surface area contributed by atoms with E-state index in [0.29, 0.717) is 12.0 Å². The van der Waals surface area contributed by atoms with Crippen molar-refractivity contribution in [1.82, 2.24) is 0 Å². The molecular weight excluding hydrogens is 402 g/mol. The van der Waals surface area contributed by atoms with Crippen LogP contribution in [0.1, 0.15) is 6.42 Å². The standard InChI is InChI=1S/C11H13O2.U/c1-4-5-9-6-10(12)8(3)11(13)7(9)2;/h3-5,10-13H,1-2,6H2;/q-1;/b9-5-;/t10-,11-;/m1./s1. The average Bonchev–Trinajstić information content (AvgIpc) is 2.11. The molecular formula is C11H13O2U-. The van der Waals surface area contributed by atoms with E-state index in [1.165, 1.54) is 0 Å². The molecule has 0 saturated heterocycles. The summed E-state index contributed by atoms with van der Waals surface area (Å²) in [5.41, 5.74) is 1.51. The Hall–Kier alpha value is -0.0681. The Morgan fingerprint density at radius 2 is 2.00 bits per heavy atom. The van der Waals surface area contributed by atoms with Crippen LogP contribution in [0, 0.1) is 37.7 Å². The summed E-state index contributed by atoms with van der Waals surface area (Å²) in [7, 11) is 0. The molecule has 0 aliphatic heterocycles. The van der Waals surface area contributed by atoms with Crippen molar-refractivity contribution in [1.29, 1.82) is 0 Å². The quantitative estimate of drug-likeness (QED) is 0.631. The SMILES string of the molecule is [CH-]=C1[C@H](O)C(=C)/C(=C\C=C)C[C@H]1O.[U]. The van der Waals surface area contributed by atoms with Crippen LogP contribution in [0.5, 0.6) is 0 Å². The van der Waals surface area contributed by atoms with Gasteiger partial charge in [0.25, 0.3) is 0 Å². The average molecular weight is 415 g/mol. The fourth-order valence-corrected chi connectivity index (χ4v) is 1.33. The zero-order valence-electron chi connectivity index (χ0n) is 7.90. The first-order valence-corrected chi connectivity index (χ1v) is 4.07. The van der Waals surface area contributed by atoms with Gasteiger partial charge in [0.1, 0.15) is 0 Å². The summed E-state index contributed by atoms with van der Waals surface area (Å²) in [6, 6.07) is 0. The maximum absolute atomic E-state index is 9.52. The second-order valence-electron chi connectivity index (χ2n) is 3.08. The first-order chi connectivity index (χ1) is 6.07. The Labute approximate surface area is 108 Å². The molecule has 0 bridgehead atoms. The van der Waals surface area contributed by atoms with E-state index in [0.717, 1.165) is 5.57 Å². The van der Waals surface area contributed by atoms with Crippen molar-refractivity contribution in [2.24, 2.45) is 0 Å². The summed E-state index contributed by atoms with van der Waals surface area (Å²) in [4.78, 5) is 0. The summed E-state index contributed by atoms with van der Waals surface area (Å²) in [6.07, 6.45) is 2.00. The summed E-state index contributed by atoms with van der Waals surface area (Å²) in [5.74, 6) is 0. The van der Waals surface area contributed by atoms with Gasteiger partial charge in [0.05, 0.1) is 6.10 Å². The van der Waals surface area contributed by atoms with Crippen molar-refractivity contribution in [3.8, 4) is 0 Å². The monoisotopic (exact) mass is 415 g/mol. The minimum absolute atomic E-state index is 0. The summed E-state index contributed by atoms with van der Waals surface area (Å²) in [5, 5.41) is 18.9. The normalized spacial score (nSPS) is 30.0. The Morgan fingerprint density at radius 1 is 1.43 bits per heavy atom. The number of allylic oxidation sites excluding steroid dienone is 2. The topological polar surface area (TPSA) is 40.5 Å². The first kappa shape index (κ1) is 13.9. The minimum Gasteiger partial charge on any atom is -0.509 e. The van der Waals surface area contributed by atoms with Crippen LogP contribution < -0.4 is 0 Å². The van der Waals surface area contributed by atoms with Crippen molar-refractivity contribution < 1.29 is 41.3 Å². The zero-order valence-corrected chi connectivity index (χ0v) is 12.1. The Balaban J connectivity index is 0.00000169. The van der Waals surface area contributed by atoms with E-state index in [-0.39, 0.29) is 36.7 Å². The Bertz CT molecular complexity index is 292. The van der Waals surface area contributed by atoms with Gasteiger partial charge in [-0.3, -0.25) is 0 Å². The van der Waals surface area contributed by atoms with E-state index in [9.17, 15) is 10.2 Å². The maximum Gasteiger partial charge on any atom is 0.0703 e. The van der Waals surface area contributed by atoms with E-state index >= 15 is 0 Å². The molecule has 1 saturated carbocycles. The van der Waals surface area contributed by atoms with Gasteiger partial charge in [-0.25, -0.2) is 0 Å². The van der Waals surface area contributed by atoms with Gasteiger partial charge in [-0.05, 0) is 17.6 Å². The van der Waals surface area contributed by atoms with Crippen molar-refractivity contribution in [2.45, 2.75) is 18.6 Å². The van der Waals surface area contributed by atoms with Crippen molar-refractivity contribution in [2.75, 3.05) is 0 Å². The second-order valence-corrected chi connectivity index (χ2v) is 3.08. The summed E-state index contributed by atoms with van der Waals surface area (Å²) < 4.78 is 0. The molecule has 2 N–H and O–H groups in total. The third-order valence-corrected chi connectivity index (χ3v) is 2.18. The molecule has 1 aliphatic carbocycles. The van der Waals surface area contributed by atoms with Crippen LogP contribution in [0.15, 0.2) is 42.0 Å². The molecule has 0 aromatic heterocycles. The predicted molar refractivity (Wildman–Crippen MR) is 51.9 cm³/mol. The molecule has 0 unspecified atom stereocenters. The van der Waals surface area contributed by atoms with Crippen LogP contribution in [-0.2, 0) is 0 Å². The molecule has 3 heteroatoms. The summed E-state index contributed by atoms with van der Waals surface area (Å²) in [6.45, 7) is 12.7. The molecule has 14 heavy (non-hydrogen) atoms. The van der Waals surface area contributed by atoms with Gasteiger partial charge in [-0.1, -0.05) is 25.3 Å². The van der Waals surface area contributed by atoms with Crippen LogP contribution >= 0.6 is 0 Å². The van der Waals surface area contributed by atoms with Gasteiger partial charge in [-0.15, -0.1) is 0 Å². The van der Waals surface area contributed by atoms with Gasteiger partial charge in [-0.2, -0.15) is 5.57 Å². The molecule has 0 heterocycles. The zero-order chi connectivity index (χ0) is 10.0. The minimum atomic E-state index is -0.935. The number of hydrogen-bond donors (Lipinski definition) is 2. The molecule has 1 aliphatic rings. The molecule has 2 nitrogen and oxygen atoms in total. The van der Waals surface area contributed by atoms with E-state index in [4.69, 9.17) is 6.58 Å². The largest absolute Gasteiger partial charge is 0.509 e. The van der Waals surface area contributed by atoms with E-state index < -0.39 is 12.2 Å². The van der Waals surface area contributed by atoms with E-state index in [1.807, 2.05) is 0 Å².